The lowest BCUT2D eigenvalue weighted by Gasteiger charge is -2.12. The van der Waals surface area contributed by atoms with E-state index in [2.05, 4.69) is 15.6 Å². The van der Waals surface area contributed by atoms with Crippen LogP contribution in [0.4, 0.5) is 5.69 Å². The number of anilines is 1. The van der Waals surface area contributed by atoms with Crippen molar-refractivity contribution in [1.29, 1.82) is 0 Å². The molecule has 4 aromatic rings. The third-order valence-corrected chi connectivity index (χ3v) is 4.87. The Morgan fingerprint density at radius 2 is 1.87 bits per heavy atom. The monoisotopic (exact) mass is 437 g/mol. The van der Waals surface area contributed by atoms with Gasteiger partial charge in [-0.25, -0.2) is 4.98 Å². The molecule has 1 amide bonds. The number of fused-ring (bicyclic) bond motifs is 1. The zero-order chi connectivity index (χ0) is 21.1. The molecule has 0 aliphatic carbocycles. The number of nitrogens with zero attached hydrogens (tertiary/aromatic N) is 1. The summed E-state index contributed by atoms with van der Waals surface area (Å²) in [5, 5.41) is 6.14. The number of para-hydroxylation sites is 2. The number of halogens is 1. The van der Waals surface area contributed by atoms with Gasteiger partial charge in [-0.2, -0.15) is 0 Å². The average Bonchev–Trinajstić information content (AvgIpc) is 3.19. The van der Waals surface area contributed by atoms with Crippen LogP contribution in [0, 0.1) is 0 Å². The number of hydrogen-bond donors (Lipinski definition) is 2. The van der Waals surface area contributed by atoms with Crippen molar-refractivity contribution in [2.45, 2.75) is 0 Å². The summed E-state index contributed by atoms with van der Waals surface area (Å²) >= 11 is 11.6. The number of hydrogen-bond acceptors (Lipinski definition) is 5. The summed E-state index contributed by atoms with van der Waals surface area (Å²) in [6, 6.07) is 19.5. The lowest BCUT2D eigenvalue weighted by Crippen LogP contribution is -2.34. The maximum atomic E-state index is 12.4. The molecule has 0 saturated heterocycles. The van der Waals surface area contributed by atoms with Crippen molar-refractivity contribution in [2.75, 3.05) is 12.4 Å². The van der Waals surface area contributed by atoms with Gasteiger partial charge in [-0.1, -0.05) is 23.7 Å². The Bertz CT molecular complexity index is 1210. The van der Waals surface area contributed by atoms with Crippen molar-refractivity contribution < 1.29 is 13.9 Å². The Morgan fingerprint density at radius 1 is 1.10 bits per heavy atom. The van der Waals surface area contributed by atoms with E-state index < -0.39 is 0 Å². The Kier molecular flexibility index (Phi) is 5.65. The number of oxazole rings is 1. The van der Waals surface area contributed by atoms with Crippen LogP contribution in [-0.2, 0) is 0 Å². The van der Waals surface area contributed by atoms with Crippen LogP contribution in [0.2, 0.25) is 5.02 Å². The summed E-state index contributed by atoms with van der Waals surface area (Å²) in [4.78, 5) is 16.9. The van der Waals surface area contributed by atoms with Crippen molar-refractivity contribution in [1.82, 2.24) is 10.3 Å². The van der Waals surface area contributed by atoms with Gasteiger partial charge in [0.2, 0.25) is 5.89 Å². The fourth-order valence-corrected chi connectivity index (χ4v) is 3.19. The van der Waals surface area contributed by atoms with Gasteiger partial charge in [-0.15, -0.1) is 0 Å². The first-order valence-corrected chi connectivity index (χ1v) is 9.74. The van der Waals surface area contributed by atoms with E-state index in [4.69, 9.17) is 33.0 Å². The predicted molar refractivity (Wildman–Crippen MR) is 121 cm³/mol. The molecular formula is C22H16ClN3O3S. The summed E-state index contributed by atoms with van der Waals surface area (Å²) in [5.41, 5.74) is 3.16. The number of benzene rings is 3. The highest BCUT2D eigenvalue weighted by Crippen LogP contribution is 2.30. The van der Waals surface area contributed by atoms with E-state index in [0.717, 1.165) is 11.1 Å². The van der Waals surface area contributed by atoms with E-state index in [9.17, 15) is 4.79 Å². The molecule has 0 unspecified atom stereocenters. The van der Waals surface area contributed by atoms with Crippen LogP contribution in [0.25, 0.3) is 22.6 Å². The second-order valence-electron chi connectivity index (χ2n) is 6.32. The van der Waals surface area contributed by atoms with Crippen molar-refractivity contribution in [2.24, 2.45) is 0 Å². The first-order valence-electron chi connectivity index (χ1n) is 8.95. The van der Waals surface area contributed by atoms with E-state index in [1.54, 1.807) is 49.6 Å². The molecule has 0 radical (unpaired) electrons. The van der Waals surface area contributed by atoms with Gasteiger partial charge in [0.1, 0.15) is 11.3 Å². The number of amides is 1. The highest BCUT2D eigenvalue weighted by atomic mass is 35.5. The molecule has 6 nitrogen and oxygen atoms in total. The zero-order valence-corrected chi connectivity index (χ0v) is 17.4. The van der Waals surface area contributed by atoms with Gasteiger partial charge in [-0.3, -0.25) is 10.1 Å². The summed E-state index contributed by atoms with van der Waals surface area (Å²) in [6.45, 7) is 0. The molecule has 2 N–H and O–H groups in total. The molecule has 0 aliphatic rings. The highest BCUT2D eigenvalue weighted by molar-refractivity contribution is 7.80. The van der Waals surface area contributed by atoms with E-state index >= 15 is 0 Å². The number of carbonyl (C=O) groups excluding carboxylic acids is 1. The normalized spacial score (nSPS) is 10.6. The van der Waals surface area contributed by atoms with Gasteiger partial charge in [0.15, 0.2) is 10.7 Å². The molecule has 0 spiro atoms. The second-order valence-corrected chi connectivity index (χ2v) is 7.13. The SMILES string of the molecule is COc1ccc(C(=O)NC(=S)Nc2cc(-c3nc4ccccc4o3)ccc2Cl)cc1. The molecule has 0 atom stereocenters. The number of aromatic nitrogens is 1. The highest BCUT2D eigenvalue weighted by Gasteiger charge is 2.13. The van der Waals surface area contributed by atoms with Gasteiger partial charge >= 0.3 is 0 Å². The lowest BCUT2D eigenvalue weighted by atomic mass is 10.2. The quantitative estimate of drug-likeness (QED) is 0.423. The second kappa shape index (κ2) is 8.52. The van der Waals surface area contributed by atoms with E-state index in [1.165, 1.54) is 0 Å². The maximum Gasteiger partial charge on any atom is 0.257 e. The van der Waals surface area contributed by atoms with Gasteiger partial charge < -0.3 is 14.5 Å². The van der Waals surface area contributed by atoms with E-state index in [-0.39, 0.29) is 11.0 Å². The third-order valence-electron chi connectivity index (χ3n) is 4.33. The third kappa shape index (κ3) is 4.27. The van der Waals surface area contributed by atoms with Gasteiger partial charge in [0.25, 0.3) is 5.91 Å². The minimum absolute atomic E-state index is 0.118. The molecule has 0 saturated carbocycles. The first kappa shape index (κ1) is 19.9. The number of methoxy groups -OCH3 is 1. The van der Waals surface area contributed by atoms with Crippen LogP contribution in [0.1, 0.15) is 10.4 Å². The van der Waals surface area contributed by atoms with Gasteiger partial charge in [0.05, 0.1) is 17.8 Å². The van der Waals surface area contributed by atoms with Crippen LogP contribution in [0.15, 0.2) is 71.1 Å². The average molecular weight is 438 g/mol. The molecule has 0 fully saturated rings. The minimum atomic E-state index is -0.346. The lowest BCUT2D eigenvalue weighted by molar-refractivity contribution is 0.0977. The van der Waals surface area contributed by atoms with Crippen LogP contribution in [-0.4, -0.2) is 23.1 Å². The fourth-order valence-electron chi connectivity index (χ4n) is 2.82. The van der Waals surface area contributed by atoms with Crippen molar-refractivity contribution >= 4 is 51.6 Å². The standard InChI is InChI=1S/C22H16ClN3O3S/c1-28-15-9-6-13(7-10-15)20(27)26-22(30)25-18-12-14(8-11-16(18)23)21-24-17-4-2-3-5-19(17)29-21/h2-12H,1H3,(H2,25,26,27,30). The topological polar surface area (TPSA) is 76.4 Å². The van der Waals surface area contributed by atoms with Crippen LogP contribution in [0.5, 0.6) is 5.75 Å². The smallest absolute Gasteiger partial charge is 0.257 e. The maximum absolute atomic E-state index is 12.4. The van der Waals surface area contributed by atoms with Gasteiger partial charge in [-0.05, 0) is 66.8 Å². The Hall–Kier alpha value is -3.42. The summed E-state index contributed by atoms with van der Waals surface area (Å²) < 4.78 is 10.9. The molecule has 0 bridgehead atoms. The largest absolute Gasteiger partial charge is 0.497 e. The predicted octanol–water partition coefficient (Wildman–Crippen LogP) is 5.28. The molecule has 30 heavy (non-hydrogen) atoms. The number of ether oxygens (including phenoxy) is 1. The van der Waals surface area contributed by atoms with Crippen molar-refractivity contribution in [3.63, 3.8) is 0 Å². The molecular weight excluding hydrogens is 422 g/mol. The number of thiocarbonyl (C=S) groups is 1. The minimum Gasteiger partial charge on any atom is -0.497 e. The van der Waals surface area contributed by atoms with E-state index in [1.807, 2.05) is 24.3 Å². The van der Waals surface area contributed by atoms with Crippen LogP contribution in [0.3, 0.4) is 0 Å². The number of rotatable bonds is 4. The van der Waals surface area contributed by atoms with Crippen molar-refractivity contribution in [3.8, 4) is 17.2 Å². The molecule has 1 heterocycles. The Balaban J connectivity index is 1.50. The Morgan fingerprint density at radius 3 is 2.60 bits per heavy atom. The first-order chi connectivity index (χ1) is 14.5. The number of carbonyl (C=O) groups is 1. The molecule has 150 valence electrons. The Labute approximate surface area is 182 Å². The number of nitrogens with one attached hydrogen (secondary N) is 2. The summed E-state index contributed by atoms with van der Waals surface area (Å²) in [7, 11) is 1.56. The molecule has 3 aromatic carbocycles. The molecule has 4 rings (SSSR count). The summed E-state index contributed by atoms with van der Waals surface area (Å²) in [5.74, 6) is 0.778. The van der Waals surface area contributed by atoms with Crippen LogP contribution >= 0.6 is 23.8 Å². The molecule has 8 heteroatoms. The zero-order valence-electron chi connectivity index (χ0n) is 15.8. The van der Waals surface area contributed by atoms with E-state index in [0.29, 0.717) is 33.5 Å². The van der Waals surface area contributed by atoms with Gasteiger partial charge in [0, 0.05) is 11.1 Å². The molecule has 1 aromatic heterocycles. The summed E-state index contributed by atoms with van der Waals surface area (Å²) in [6.07, 6.45) is 0. The van der Waals surface area contributed by atoms with Crippen LogP contribution < -0.4 is 15.4 Å². The van der Waals surface area contributed by atoms with Crippen molar-refractivity contribution in [3.05, 3.63) is 77.3 Å². The molecule has 0 aliphatic heterocycles. The fraction of sp³-hybridized carbons (Fsp3) is 0.0455.